The van der Waals surface area contributed by atoms with E-state index in [1.54, 1.807) is 6.08 Å². The van der Waals surface area contributed by atoms with Crippen LogP contribution in [0.4, 0.5) is 0 Å². The molecule has 0 saturated carbocycles. The fourth-order valence-electron chi connectivity index (χ4n) is 2.91. The minimum absolute atomic E-state index is 1.16. The van der Waals surface area contributed by atoms with Crippen molar-refractivity contribution in [3.05, 3.63) is 19.1 Å². The van der Waals surface area contributed by atoms with E-state index in [9.17, 15) is 0 Å². The topological polar surface area (TPSA) is 0 Å². The summed E-state index contributed by atoms with van der Waals surface area (Å²) in [7, 11) is 0. The SMILES string of the molecule is [CH]C=CCCCCCCCCCCCCCCCCCC. The summed E-state index contributed by atoms with van der Waals surface area (Å²) in [5, 5.41) is 0. The van der Waals surface area contributed by atoms with Gasteiger partial charge in [-0.1, -0.05) is 115 Å². The van der Waals surface area contributed by atoms with Crippen molar-refractivity contribution in [3.8, 4) is 0 Å². The first-order valence-corrected chi connectivity index (χ1v) is 9.78. The van der Waals surface area contributed by atoms with Gasteiger partial charge in [0.15, 0.2) is 0 Å². The quantitative estimate of drug-likeness (QED) is 0.239. The van der Waals surface area contributed by atoms with E-state index in [0.717, 1.165) is 6.42 Å². The van der Waals surface area contributed by atoms with E-state index >= 15 is 0 Å². The van der Waals surface area contributed by atoms with E-state index in [2.05, 4.69) is 13.0 Å². The van der Waals surface area contributed by atoms with Gasteiger partial charge in [0.2, 0.25) is 0 Å². The fraction of sp³-hybridized carbons (Fsp3) is 0.857. The molecule has 0 saturated heterocycles. The van der Waals surface area contributed by atoms with Crippen molar-refractivity contribution < 1.29 is 0 Å². The minimum Gasteiger partial charge on any atom is -0.0882 e. The molecule has 0 N–H and O–H groups in total. The maximum Gasteiger partial charge on any atom is -0.00958 e. The molecule has 0 aliphatic rings. The molecule has 21 heavy (non-hydrogen) atoms. The molecule has 0 fully saturated rings. The summed E-state index contributed by atoms with van der Waals surface area (Å²) in [4.78, 5) is 0. The molecule has 0 aliphatic heterocycles. The summed E-state index contributed by atoms with van der Waals surface area (Å²) >= 11 is 0. The van der Waals surface area contributed by atoms with Crippen molar-refractivity contribution in [1.82, 2.24) is 0 Å². The second-order valence-corrected chi connectivity index (χ2v) is 6.52. The van der Waals surface area contributed by atoms with E-state index in [1.165, 1.54) is 103 Å². The van der Waals surface area contributed by atoms with Gasteiger partial charge in [-0.3, -0.25) is 0 Å². The molecule has 0 unspecified atom stereocenters. The highest BCUT2D eigenvalue weighted by Crippen LogP contribution is 2.13. The second-order valence-electron chi connectivity index (χ2n) is 6.52. The maximum absolute atomic E-state index is 5.31. The molecular weight excluding hydrogens is 252 g/mol. The van der Waals surface area contributed by atoms with Crippen LogP contribution in [0, 0.1) is 6.92 Å². The third-order valence-electron chi connectivity index (χ3n) is 4.36. The van der Waals surface area contributed by atoms with Crippen molar-refractivity contribution in [2.75, 3.05) is 0 Å². The van der Waals surface area contributed by atoms with Gasteiger partial charge in [-0.25, -0.2) is 0 Å². The summed E-state index contributed by atoms with van der Waals surface area (Å²) < 4.78 is 0. The fourth-order valence-corrected chi connectivity index (χ4v) is 2.91. The number of rotatable bonds is 17. The van der Waals surface area contributed by atoms with Crippen LogP contribution in [-0.4, -0.2) is 0 Å². The van der Waals surface area contributed by atoms with Crippen molar-refractivity contribution in [3.63, 3.8) is 0 Å². The lowest BCUT2D eigenvalue weighted by molar-refractivity contribution is 0.530. The van der Waals surface area contributed by atoms with Gasteiger partial charge in [-0.05, 0) is 19.8 Å². The Labute approximate surface area is 135 Å². The van der Waals surface area contributed by atoms with Gasteiger partial charge in [0.05, 0.1) is 0 Å². The first-order chi connectivity index (χ1) is 10.4. The first kappa shape index (κ1) is 20.7. The Kier molecular flexibility index (Phi) is 19.5. The van der Waals surface area contributed by atoms with Crippen LogP contribution in [0.25, 0.3) is 0 Å². The Morgan fingerprint density at radius 2 is 0.857 bits per heavy atom. The number of hydrogen-bond acceptors (Lipinski definition) is 0. The molecule has 0 aromatic heterocycles. The Balaban J connectivity index is 2.93. The van der Waals surface area contributed by atoms with E-state index < -0.39 is 0 Å². The van der Waals surface area contributed by atoms with Crippen LogP contribution in [0.5, 0.6) is 0 Å². The molecule has 0 heterocycles. The predicted octanol–water partition coefficient (Wildman–Crippen LogP) is 7.91. The monoisotopic (exact) mass is 292 g/mol. The van der Waals surface area contributed by atoms with Crippen LogP contribution >= 0.6 is 0 Å². The Bertz CT molecular complexity index is 192. The van der Waals surface area contributed by atoms with Crippen molar-refractivity contribution in [1.29, 1.82) is 0 Å². The van der Waals surface area contributed by atoms with Gasteiger partial charge in [-0.2, -0.15) is 0 Å². The van der Waals surface area contributed by atoms with Gasteiger partial charge in [0.1, 0.15) is 0 Å². The van der Waals surface area contributed by atoms with Crippen LogP contribution in [0.1, 0.15) is 116 Å². The summed E-state index contributed by atoms with van der Waals surface area (Å²) in [6, 6.07) is 0. The van der Waals surface area contributed by atoms with Gasteiger partial charge in [-0.15, -0.1) is 0 Å². The standard InChI is InChI=1S/C21H40/c1-3-5-7-9-11-13-15-17-19-21-20-18-16-14-12-10-8-6-4-2/h1,3,5H,4,6-21H2,2H3. The van der Waals surface area contributed by atoms with Crippen LogP contribution < -0.4 is 0 Å². The van der Waals surface area contributed by atoms with Crippen molar-refractivity contribution in [2.45, 2.75) is 116 Å². The van der Waals surface area contributed by atoms with Gasteiger partial charge in [0.25, 0.3) is 0 Å². The molecule has 0 spiro atoms. The maximum atomic E-state index is 5.31. The molecule has 2 radical (unpaired) electrons. The van der Waals surface area contributed by atoms with Crippen LogP contribution in [0.3, 0.4) is 0 Å². The summed E-state index contributed by atoms with van der Waals surface area (Å²) in [5.41, 5.74) is 0. The van der Waals surface area contributed by atoms with Gasteiger partial charge < -0.3 is 0 Å². The molecule has 0 aromatic carbocycles. The molecule has 0 nitrogen and oxygen atoms in total. The molecule has 0 amide bonds. The average molecular weight is 293 g/mol. The Morgan fingerprint density at radius 1 is 0.524 bits per heavy atom. The molecule has 0 heteroatoms. The molecule has 0 aromatic rings. The van der Waals surface area contributed by atoms with Crippen LogP contribution in [-0.2, 0) is 0 Å². The largest absolute Gasteiger partial charge is 0.0882 e. The summed E-state index contributed by atoms with van der Waals surface area (Å²) in [6.07, 6.45) is 27.9. The van der Waals surface area contributed by atoms with E-state index in [1.807, 2.05) is 0 Å². The zero-order valence-corrected chi connectivity index (χ0v) is 14.8. The second kappa shape index (κ2) is 19.7. The number of allylic oxidation sites excluding steroid dienone is 2. The highest BCUT2D eigenvalue weighted by molar-refractivity contribution is 4.83. The molecule has 124 valence electrons. The zero-order chi connectivity index (χ0) is 15.4. The summed E-state index contributed by atoms with van der Waals surface area (Å²) in [5.74, 6) is 0. The lowest BCUT2D eigenvalue weighted by atomic mass is 10.0. The normalized spacial score (nSPS) is 11.5. The van der Waals surface area contributed by atoms with Crippen LogP contribution in [0.2, 0.25) is 0 Å². The Morgan fingerprint density at radius 3 is 1.19 bits per heavy atom. The van der Waals surface area contributed by atoms with Gasteiger partial charge >= 0.3 is 0 Å². The lowest BCUT2D eigenvalue weighted by Crippen LogP contribution is -1.83. The molecule has 0 bridgehead atoms. The minimum atomic E-state index is 1.16. The van der Waals surface area contributed by atoms with Crippen molar-refractivity contribution in [2.24, 2.45) is 0 Å². The van der Waals surface area contributed by atoms with E-state index in [-0.39, 0.29) is 0 Å². The molecular formula is C21H40. The number of unbranched alkanes of at least 4 members (excludes halogenated alkanes) is 16. The highest BCUT2D eigenvalue weighted by atomic mass is 14.0. The predicted molar refractivity (Wildman–Crippen MR) is 97.6 cm³/mol. The molecule has 0 rings (SSSR count). The smallest absolute Gasteiger partial charge is 0.00958 e. The molecule has 0 atom stereocenters. The van der Waals surface area contributed by atoms with Crippen molar-refractivity contribution >= 4 is 0 Å². The van der Waals surface area contributed by atoms with Gasteiger partial charge in [0, 0.05) is 0 Å². The van der Waals surface area contributed by atoms with Crippen LogP contribution in [0.15, 0.2) is 12.2 Å². The van der Waals surface area contributed by atoms with E-state index in [4.69, 9.17) is 6.92 Å². The highest BCUT2D eigenvalue weighted by Gasteiger charge is 1.94. The molecule has 0 aliphatic carbocycles. The number of hydrogen-bond donors (Lipinski definition) is 0. The lowest BCUT2D eigenvalue weighted by Gasteiger charge is -2.03. The first-order valence-electron chi connectivity index (χ1n) is 9.78. The average Bonchev–Trinajstić information content (AvgIpc) is 2.50. The zero-order valence-electron chi connectivity index (χ0n) is 14.8. The van der Waals surface area contributed by atoms with E-state index in [0.29, 0.717) is 0 Å². The third-order valence-corrected chi connectivity index (χ3v) is 4.36. The summed E-state index contributed by atoms with van der Waals surface area (Å²) in [6.45, 7) is 7.61. The third kappa shape index (κ3) is 19.7. The Hall–Kier alpha value is -0.260.